The predicted octanol–water partition coefficient (Wildman–Crippen LogP) is 3.22. The molecule has 0 atom stereocenters. The van der Waals surface area contributed by atoms with Gasteiger partial charge in [0.05, 0.1) is 22.3 Å². The van der Waals surface area contributed by atoms with Crippen molar-refractivity contribution in [3.63, 3.8) is 0 Å². The van der Waals surface area contributed by atoms with Gasteiger partial charge < -0.3 is 0 Å². The van der Waals surface area contributed by atoms with Crippen molar-refractivity contribution in [2.75, 3.05) is 0 Å². The molecule has 0 fully saturated rings. The van der Waals surface area contributed by atoms with Gasteiger partial charge in [0.2, 0.25) is 5.78 Å². The molecule has 1 aromatic heterocycles. The number of aromatic nitrogens is 2. The number of fused-ring (bicyclic) bond motifs is 5. The van der Waals surface area contributed by atoms with Crippen LogP contribution in [0.5, 0.6) is 0 Å². The van der Waals surface area contributed by atoms with Crippen LogP contribution in [0.15, 0.2) is 42.5 Å². The van der Waals surface area contributed by atoms with Crippen LogP contribution < -0.4 is 0 Å². The third-order valence-corrected chi connectivity index (χ3v) is 3.44. The van der Waals surface area contributed by atoms with Crippen molar-refractivity contribution in [2.45, 2.75) is 0 Å². The van der Waals surface area contributed by atoms with Crippen LogP contribution >= 0.6 is 11.6 Å². The zero-order valence-corrected chi connectivity index (χ0v) is 9.98. The number of carbonyl (C=O) groups excluding carboxylic acids is 1. The summed E-state index contributed by atoms with van der Waals surface area (Å²) in [5, 5.41) is 0.618. The molecule has 0 spiro atoms. The van der Waals surface area contributed by atoms with Crippen molar-refractivity contribution in [2.24, 2.45) is 0 Å². The monoisotopic (exact) mass is 254 g/mol. The minimum atomic E-state index is -0.0436. The van der Waals surface area contributed by atoms with Crippen molar-refractivity contribution < 1.29 is 4.79 Å². The number of carbonyl (C=O) groups is 1. The van der Waals surface area contributed by atoms with Gasteiger partial charge in [-0.1, -0.05) is 23.7 Å². The smallest absolute Gasteiger partial charge is 0.230 e. The second-order valence-corrected chi connectivity index (χ2v) is 4.69. The van der Waals surface area contributed by atoms with Crippen LogP contribution in [0.25, 0.3) is 16.7 Å². The molecular formula is C14H7ClN2O. The van der Waals surface area contributed by atoms with Crippen molar-refractivity contribution in [3.05, 3.63) is 58.9 Å². The first kappa shape index (κ1) is 9.85. The van der Waals surface area contributed by atoms with Crippen LogP contribution in [-0.4, -0.2) is 15.3 Å². The lowest BCUT2D eigenvalue weighted by Gasteiger charge is -2.02. The van der Waals surface area contributed by atoms with E-state index >= 15 is 0 Å². The summed E-state index contributed by atoms with van der Waals surface area (Å²) >= 11 is 6.01. The van der Waals surface area contributed by atoms with Crippen molar-refractivity contribution in [3.8, 4) is 5.69 Å². The van der Waals surface area contributed by atoms with Crippen LogP contribution in [-0.2, 0) is 0 Å². The molecule has 0 radical (unpaired) electrons. The lowest BCUT2D eigenvalue weighted by atomic mass is 10.1. The lowest BCUT2D eigenvalue weighted by molar-refractivity contribution is 0.103. The number of hydrogen-bond donors (Lipinski definition) is 0. The molecule has 86 valence electrons. The molecule has 3 nitrogen and oxygen atoms in total. The molecule has 0 unspecified atom stereocenters. The van der Waals surface area contributed by atoms with E-state index in [2.05, 4.69) is 4.98 Å². The fraction of sp³-hybridized carbons (Fsp3) is 0. The van der Waals surface area contributed by atoms with Gasteiger partial charge >= 0.3 is 0 Å². The summed E-state index contributed by atoms with van der Waals surface area (Å²) in [6.45, 7) is 0. The van der Waals surface area contributed by atoms with Gasteiger partial charge in [-0.25, -0.2) is 4.98 Å². The molecule has 1 aliphatic rings. The number of benzene rings is 2. The maximum absolute atomic E-state index is 12.2. The van der Waals surface area contributed by atoms with E-state index < -0.39 is 0 Å². The average molecular weight is 255 g/mol. The Hall–Kier alpha value is -2.13. The first-order valence-corrected chi connectivity index (χ1v) is 5.95. The van der Waals surface area contributed by atoms with Crippen LogP contribution in [0.4, 0.5) is 0 Å². The molecule has 0 amide bonds. The minimum Gasteiger partial charge on any atom is -0.289 e. The van der Waals surface area contributed by atoms with Crippen molar-refractivity contribution >= 4 is 28.4 Å². The first-order valence-electron chi connectivity index (χ1n) is 5.58. The normalized spacial score (nSPS) is 12.8. The quantitative estimate of drug-likeness (QED) is 0.483. The zero-order chi connectivity index (χ0) is 12.3. The maximum atomic E-state index is 12.2. The summed E-state index contributed by atoms with van der Waals surface area (Å²) in [6, 6.07) is 13.0. The molecule has 0 saturated heterocycles. The third-order valence-electron chi connectivity index (χ3n) is 3.21. The number of rotatable bonds is 0. The highest BCUT2D eigenvalue weighted by Gasteiger charge is 2.30. The van der Waals surface area contributed by atoms with E-state index in [0.717, 1.165) is 16.7 Å². The molecule has 4 rings (SSSR count). The van der Waals surface area contributed by atoms with Gasteiger partial charge in [0, 0.05) is 5.02 Å². The Morgan fingerprint density at radius 2 is 1.94 bits per heavy atom. The van der Waals surface area contributed by atoms with Crippen LogP contribution in [0.1, 0.15) is 16.2 Å². The Morgan fingerprint density at radius 1 is 1.11 bits per heavy atom. The molecule has 0 saturated carbocycles. The van der Waals surface area contributed by atoms with Crippen LogP contribution in [0, 0.1) is 0 Å². The number of ketones is 1. The van der Waals surface area contributed by atoms with Gasteiger partial charge in [0.25, 0.3) is 0 Å². The molecule has 0 N–H and O–H groups in total. The summed E-state index contributed by atoms with van der Waals surface area (Å²) < 4.78 is 1.87. The minimum absolute atomic E-state index is 0.0436. The lowest BCUT2D eigenvalue weighted by Crippen LogP contribution is -1.97. The largest absolute Gasteiger partial charge is 0.289 e. The Morgan fingerprint density at radius 3 is 2.83 bits per heavy atom. The summed E-state index contributed by atoms with van der Waals surface area (Å²) in [4.78, 5) is 16.6. The average Bonchev–Trinajstić information content (AvgIpc) is 2.87. The Bertz CT molecular complexity index is 820. The van der Waals surface area contributed by atoms with E-state index in [1.807, 2.05) is 28.8 Å². The number of imidazole rings is 1. The fourth-order valence-electron chi connectivity index (χ4n) is 2.42. The van der Waals surface area contributed by atoms with E-state index in [1.165, 1.54) is 0 Å². The van der Waals surface area contributed by atoms with Crippen molar-refractivity contribution in [1.82, 2.24) is 9.55 Å². The molecule has 1 aliphatic heterocycles. The Labute approximate surface area is 108 Å². The fourth-order valence-corrected chi connectivity index (χ4v) is 2.59. The molecular weight excluding hydrogens is 248 g/mol. The van der Waals surface area contributed by atoms with E-state index in [1.54, 1.807) is 18.2 Å². The molecule has 2 aromatic carbocycles. The Balaban J connectivity index is 2.19. The third kappa shape index (κ3) is 1.09. The molecule has 0 aliphatic carbocycles. The van der Waals surface area contributed by atoms with Crippen LogP contribution in [0.2, 0.25) is 5.02 Å². The molecule has 2 heterocycles. The highest BCUT2D eigenvalue weighted by Crippen LogP contribution is 2.33. The second kappa shape index (κ2) is 3.21. The van der Waals surface area contributed by atoms with Gasteiger partial charge in [-0.15, -0.1) is 0 Å². The predicted molar refractivity (Wildman–Crippen MR) is 69.5 cm³/mol. The number of hydrogen-bond acceptors (Lipinski definition) is 2. The maximum Gasteiger partial charge on any atom is 0.230 e. The number of nitrogens with zero attached hydrogens (tertiary/aromatic N) is 2. The second-order valence-electron chi connectivity index (χ2n) is 4.25. The van der Waals surface area contributed by atoms with E-state index in [-0.39, 0.29) is 5.78 Å². The van der Waals surface area contributed by atoms with Gasteiger partial charge in [-0.3, -0.25) is 9.36 Å². The van der Waals surface area contributed by atoms with Gasteiger partial charge in [0.15, 0.2) is 5.82 Å². The van der Waals surface area contributed by atoms with Crippen molar-refractivity contribution in [1.29, 1.82) is 0 Å². The summed E-state index contributed by atoms with van der Waals surface area (Å²) in [5.74, 6) is 0.423. The van der Waals surface area contributed by atoms with Gasteiger partial charge in [-0.05, 0) is 30.3 Å². The SMILES string of the molecule is O=C1c2ccc(Cl)cc2-n2c1nc1ccccc12. The van der Waals surface area contributed by atoms with E-state index in [0.29, 0.717) is 16.4 Å². The zero-order valence-electron chi connectivity index (χ0n) is 9.22. The van der Waals surface area contributed by atoms with E-state index in [9.17, 15) is 4.79 Å². The van der Waals surface area contributed by atoms with Gasteiger partial charge in [0.1, 0.15) is 0 Å². The molecule has 4 heteroatoms. The van der Waals surface area contributed by atoms with Crippen LogP contribution in [0.3, 0.4) is 0 Å². The van der Waals surface area contributed by atoms with E-state index in [4.69, 9.17) is 11.6 Å². The first-order chi connectivity index (χ1) is 8.75. The van der Waals surface area contributed by atoms with Gasteiger partial charge in [-0.2, -0.15) is 0 Å². The topological polar surface area (TPSA) is 34.9 Å². The molecule has 18 heavy (non-hydrogen) atoms. The highest BCUT2D eigenvalue weighted by molar-refractivity contribution is 6.31. The summed E-state index contributed by atoms with van der Waals surface area (Å²) in [7, 11) is 0. The summed E-state index contributed by atoms with van der Waals surface area (Å²) in [5.41, 5.74) is 3.23. The summed E-state index contributed by atoms with van der Waals surface area (Å²) in [6.07, 6.45) is 0. The molecule has 3 aromatic rings. The standard InChI is InChI=1S/C14H7ClN2O/c15-8-5-6-9-12(7-8)17-11-4-2-1-3-10(11)16-14(17)13(9)18/h1-7H. The number of halogens is 1. The highest BCUT2D eigenvalue weighted by atomic mass is 35.5. The molecule has 0 bridgehead atoms. The Kier molecular flexibility index (Phi) is 1.76. The number of para-hydroxylation sites is 2.